The predicted octanol–water partition coefficient (Wildman–Crippen LogP) is 4.51. The molecule has 0 saturated carbocycles. The molecular formula is C22H18N4O3S. The van der Waals surface area contributed by atoms with E-state index in [1.165, 1.54) is 0 Å². The highest BCUT2D eigenvalue weighted by Gasteiger charge is 2.15. The molecule has 2 amide bonds. The fourth-order valence-corrected chi connectivity index (χ4v) is 3.70. The molecule has 7 nitrogen and oxygen atoms in total. The number of benzene rings is 2. The number of hydrogen-bond acceptors (Lipinski definition) is 6. The lowest BCUT2D eigenvalue weighted by molar-refractivity contribution is 0.102. The molecule has 4 rings (SSSR count). The van der Waals surface area contributed by atoms with Crippen molar-refractivity contribution in [3.8, 4) is 5.75 Å². The maximum absolute atomic E-state index is 12.6. The van der Waals surface area contributed by atoms with Gasteiger partial charge in [-0.1, -0.05) is 0 Å². The Balaban J connectivity index is 1.46. The van der Waals surface area contributed by atoms with Crippen molar-refractivity contribution in [2.75, 3.05) is 17.7 Å². The number of rotatable bonds is 5. The summed E-state index contributed by atoms with van der Waals surface area (Å²) in [7, 11) is 1.59. The van der Waals surface area contributed by atoms with E-state index in [1.54, 1.807) is 62.0 Å². The van der Waals surface area contributed by atoms with Gasteiger partial charge in [-0.15, -0.1) is 11.3 Å². The Morgan fingerprint density at radius 2 is 1.57 bits per heavy atom. The summed E-state index contributed by atoms with van der Waals surface area (Å²) in [5.74, 6) is 0.163. The molecule has 2 N–H and O–H groups in total. The smallest absolute Gasteiger partial charge is 0.265 e. The molecule has 0 radical (unpaired) electrons. The number of fused-ring (bicyclic) bond motifs is 1. The minimum absolute atomic E-state index is 0.270. The number of ether oxygens (including phenoxy) is 1. The molecule has 0 saturated heterocycles. The molecule has 0 aliphatic heterocycles. The first kappa shape index (κ1) is 19.5. The van der Waals surface area contributed by atoms with Gasteiger partial charge in [-0.3, -0.25) is 19.6 Å². The topological polar surface area (TPSA) is 93.2 Å². The first-order chi connectivity index (χ1) is 14.5. The SMILES string of the molecule is COc1ccc(NC(=O)c2ccc(C(=O)Nc3ccc4nccnc4c3)s2)c(C)c1. The van der Waals surface area contributed by atoms with Crippen molar-refractivity contribution < 1.29 is 14.3 Å². The van der Waals surface area contributed by atoms with Crippen LogP contribution >= 0.6 is 11.3 Å². The van der Waals surface area contributed by atoms with Crippen LogP contribution in [0.1, 0.15) is 24.9 Å². The van der Waals surface area contributed by atoms with Gasteiger partial charge in [-0.2, -0.15) is 0 Å². The van der Waals surface area contributed by atoms with Gasteiger partial charge in [0.15, 0.2) is 0 Å². The molecule has 150 valence electrons. The summed E-state index contributed by atoms with van der Waals surface area (Å²) < 4.78 is 5.18. The lowest BCUT2D eigenvalue weighted by atomic mass is 10.2. The fraction of sp³-hybridized carbons (Fsp3) is 0.0909. The lowest BCUT2D eigenvalue weighted by Gasteiger charge is -2.09. The quantitative estimate of drug-likeness (QED) is 0.497. The number of methoxy groups -OCH3 is 1. The number of carbonyl (C=O) groups excluding carboxylic acids is 2. The van der Waals surface area contributed by atoms with E-state index in [0.29, 0.717) is 26.6 Å². The number of carbonyl (C=O) groups is 2. The van der Waals surface area contributed by atoms with Gasteiger partial charge in [-0.05, 0) is 61.0 Å². The van der Waals surface area contributed by atoms with Crippen molar-refractivity contribution in [2.24, 2.45) is 0 Å². The predicted molar refractivity (Wildman–Crippen MR) is 117 cm³/mol. The largest absolute Gasteiger partial charge is 0.497 e. The van der Waals surface area contributed by atoms with Crippen LogP contribution in [0.3, 0.4) is 0 Å². The molecule has 2 aromatic heterocycles. The van der Waals surface area contributed by atoms with Crippen molar-refractivity contribution in [3.63, 3.8) is 0 Å². The standard InChI is InChI=1S/C22H18N4O3S/c1-13-11-15(29-2)4-6-16(13)26-22(28)20-8-7-19(30-20)21(27)25-14-3-5-17-18(12-14)24-10-9-23-17/h3-12H,1-2H3,(H,25,27)(H,26,28). The number of nitrogens with zero attached hydrogens (tertiary/aromatic N) is 2. The van der Waals surface area contributed by atoms with Crippen LogP contribution < -0.4 is 15.4 Å². The van der Waals surface area contributed by atoms with E-state index in [9.17, 15) is 9.59 Å². The zero-order valence-corrected chi connectivity index (χ0v) is 17.1. The van der Waals surface area contributed by atoms with Crippen LogP contribution in [0.2, 0.25) is 0 Å². The molecule has 0 spiro atoms. The summed E-state index contributed by atoms with van der Waals surface area (Å²) in [6, 6.07) is 14.0. The third-order valence-electron chi connectivity index (χ3n) is 4.46. The number of thiophene rings is 1. The zero-order chi connectivity index (χ0) is 21.1. The summed E-state index contributed by atoms with van der Waals surface area (Å²) >= 11 is 1.13. The van der Waals surface area contributed by atoms with Crippen molar-refractivity contribution >= 4 is 45.6 Å². The molecule has 8 heteroatoms. The number of anilines is 2. The minimum atomic E-state index is -0.289. The summed E-state index contributed by atoms with van der Waals surface area (Å²) in [5.41, 5.74) is 3.63. The van der Waals surface area contributed by atoms with Crippen LogP contribution in [0.25, 0.3) is 11.0 Å². The van der Waals surface area contributed by atoms with Crippen LogP contribution in [0.5, 0.6) is 5.75 Å². The molecule has 30 heavy (non-hydrogen) atoms. The number of hydrogen-bond donors (Lipinski definition) is 2. The summed E-state index contributed by atoms with van der Waals surface area (Å²) in [6.07, 6.45) is 3.22. The number of amides is 2. The third-order valence-corrected chi connectivity index (χ3v) is 5.55. The van der Waals surface area contributed by atoms with Crippen LogP contribution in [-0.4, -0.2) is 28.9 Å². The zero-order valence-electron chi connectivity index (χ0n) is 16.3. The van der Waals surface area contributed by atoms with E-state index < -0.39 is 0 Å². The summed E-state index contributed by atoms with van der Waals surface area (Å²) in [6.45, 7) is 1.89. The van der Waals surface area contributed by atoms with Crippen LogP contribution in [0.4, 0.5) is 11.4 Å². The van der Waals surface area contributed by atoms with Crippen LogP contribution in [0.15, 0.2) is 60.9 Å². The maximum Gasteiger partial charge on any atom is 0.265 e. The fourth-order valence-electron chi connectivity index (χ4n) is 2.90. The Labute approximate surface area is 176 Å². The van der Waals surface area contributed by atoms with Crippen LogP contribution in [0, 0.1) is 6.92 Å². The average Bonchev–Trinajstić information content (AvgIpc) is 3.26. The Bertz CT molecular complexity index is 1250. The van der Waals surface area contributed by atoms with E-state index in [-0.39, 0.29) is 11.8 Å². The van der Waals surface area contributed by atoms with E-state index in [1.807, 2.05) is 13.0 Å². The van der Waals surface area contributed by atoms with E-state index >= 15 is 0 Å². The average molecular weight is 418 g/mol. The van der Waals surface area contributed by atoms with E-state index in [2.05, 4.69) is 20.6 Å². The Morgan fingerprint density at radius 1 is 0.867 bits per heavy atom. The van der Waals surface area contributed by atoms with Crippen molar-refractivity contribution in [2.45, 2.75) is 6.92 Å². The number of aryl methyl sites for hydroxylation is 1. The lowest BCUT2D eigenvalue weighted by Crippen LogP contribution is -2.12. The Hall–Kier alpha value is -3.78. The van der Waals surface area contributed by atoms with Gasteiger partial charge in [0, 0.05) is 23.8 Å². The number of nitrogens with one attached hydrogen (secondary N) is 2. The monoisotopic (exact) mass is 418 g/mol. The van der Waals surface area contributed by atoms with Gasteiger partial charge in [0.2, 0.25) is 0 Å². The summed E-state index contributed by atoms with van der Waals surface area (Å²) in [5, 5.41) is 5.70. The third kappa shape index (κ3) is 4.13. The molecule has 0 fully saturated rings. The second kappa shape index (κ2) is 8.30. The minimum Gasteiger partial charge on any atom is -0.497 e. The Kier molecular flexibility index (Phi) is 5.40. The van der Waals surface area contributed by atoms with Crippen molar-refractivity contribution in [1.82, 2.24) is 9.97 Å². The van der Waals surface area contributed by atoms with E-state index in [4.69, 9.17) is 4.74 Å². The van der Waals surface area contributed by atoms with Gasteiger partial charge in [-0.25, -0.2) is 0 Å². The molecular weight excluding hydrogens is 400 g/mol. The molecule has 4 aromatic rings. The summed E-state index contributed by atoms with van der Waals surface area (Å²) in [4.78, 5) is 34.5. The van der Waals surface area contributed by atoms with Gasteiger partial charge < -0.3 is 15.4 Å². The Morgan fingerprint density at radius 3 is 2.27 bits per heavy atom. The normalized spacial score (nSPS) is 10.6. The molecule has 0 bridgehead atoms. The molecule has 2 aromatic carbocycles. The molecule has 0 aliphatic rings. The molecule has 0 atom stereocenters. The second-order valence-electron chi connectivity index (χ2n) is 6.51. The maximum atomic E-state index is 12.6. The highest BCUT2D eigenvalue weighted by Crippen LogP contribution is 2.24. The second-order valence-corrected chi connectivity index (χ2v) is 7.60. The van der Waals surface area contributed by atoms with Gasteiger partial charge in [0.1, 0.15) is 5.75 Å². The van der Waals surface area contributed by atoms with Gasteiger partial charge in [0.05, 0.1) is 27.9 Å². The van der Waals surface area contributed by atoms with Gasteiger partial charge >= 0.3 is 0 Å². The van der Waals surface area contributed by atoms with Crippen molar-refractivity contribution in [1.29, 1.82) is 0 Å². The molecule has 0 unspecified atom stereocenters. The molecule has 0 aliphatic carbocycles. The van der Waals surface area contributed by atoms with Crippen molar-refractivity contribution in [3.05, 3.63) is 76.2 Å². The highest BCUT2D eigenvalue weighted by molar-refractivity contribution is 7.16. The first-order valence-electron chi connectivity index (χ1n) is 9.11. The highest BCUT2D eigenvalue weighted by atomic mass is 32.1. The van der Waals surface area contributed by atoms with Gasteiger partial charge in [0.25, 0.3) is 11.8 Å². The van der Waals surface area contributed by atoms with Crippen LogP contribution in [-0.2, 0) is 0 Å². The molecule has 2 heterocycles. The van der Waals surface area contributed by atoms with E-state index in [0.717, 1.165) is 28.2 Å². The first-order valence-corrected chi connectivity index (χ1v) is 9.93. The number of aromatic nitrogens is 2.